The van der Waals surface area contributed by atoms with Crippen LogP contribution in [0.1, 0.15) is 46.1 Å². The van der Waals surface area contributed by atoms with Crippen molar-refractivity contribution < 1.29 is 4.79 Å². The first-order valence-electron chi connectivity index (χ1n) is 8.62. The van der Waals surface area contributed by atoms with Crippen LogP contribution in [-0.4, -0.2) is 26.8 Å². The molecule has 0 bridgehead atoms. The van der Waals surface area contributed by atoms with E-state index in [-0.39, 0.29) is 18.1 Å². The fourth-order valence-electron chi connectivity index (χ4n) is 3.02. The van der Waals surface area contributed by atoms with Crippen LogP contribution in [0.3, 0.4) is 0 Å². The van der Waals surface area contributed by atoms with Crippen molar-refractivity contribution in [2.45, 2.75) is 52.1 Å². The number of anilines is 1. The summed E-state index contributed by atoms with van der Waals surface area (Å²) in [5, 5.41) is 14.3. The molecule has 1 aromatic heterocycles. The number of carbonyl (C=O) groups excluding carboxylic acids is 1. The van der Waals surface area contributed by atoms with Gasteiger partial charge in [-0.05, 0) is 51.7 Å². The molecule has 3 rings (SSSR count). The Morgan fingerprint density at radius 3 is 2.67 bits per heavy atom. The molecule has 1 fully saturated rings. The fraction of sp³-hybridized carbons (Fsp3) is 0.500. The molecule has 6 heteroatoms. The molecule has 0 unspecified atom stereocenters. The zero-order chi connectivity index (χ0) is 17.1. The van der Waals surface area contributed by atoms with Gasteiger partial charge in [-0.2, -0.15) is 0 Å². The highest BCUT2D eigenvalue weighted by atomic mass is 16.2. The minimum atomic E-state index is -0.169. The van der Waals surface area contributed by atoms with Crippen LogP contribution >= 0.6 is 0 Å². The maximum absolute atomic E-state index is 12.3. The lowest BCUT2D eigenvalue weighted by Gasteiger charge is -2.31. The zero-order valence-electron chi connectivity index (χ0n) is 14.5. The summed E-state index contributed by atoms with van der Waals surface area (Å²) < 4.78 is 2.00. The Balaban J connectivity index is 1.76. The minimum Gasteiger partial charge on any atom is -0.335 e. The summed E-state index contributed by atoms with van der Waals surface area (Å²) in [5.41, 5.74) is 1.61. The number of nitrogens with one attached hydrogen (secondary N) is 2. The minimum absolute atomic E-state index is 0.169. The molecule has 0 spiro atoms. The van der Waals surface area contributed by atoms with E-state index in [9.17, 15) is 4.79 Å². The summed E-state index contributed by atoms with van der Waals surface area (Å²) in [6, 6.07) is 7.97. The van der Waals surface area contributed by atoms with Crippen molar-refractivity contribution in [2.24, 2.45) is 5.92 Å². The lowest BCUT2D eigenvalue weighted by molar-refractivity contribution is 0.222. The Bertz CT molecular complexity index is 705. The number of nitrogens with zero attached hydrogens (tertiary/aromatic N) is 3. The van der Waals surface area contributed by atoms with E-state index in [2.05, 4.69) is 41.6 Å². The Morgan fingerprint density at radius 1 is 1.25 bits per heavy atom. The Labute approximate surface area is 142 Å². The average molecular weight is 327 g/mol. The molecule has 0 aliphatic heterocycles. The lowest BCUT2D eigenvalue weighted by Crippen LogP contribution is -2.42. The number of urea groups is 1. The van der Waals surface area contributed by atoms with Gasteiger partial charge in [0.05, 0.1) is 5.69 Å². The predicted octanol–water partition coefficient (Wildman–Crippen LogP) is 3.84. The number of hydrogen-bond donors (Lipinski definition) is 2. The van der Waals surface area contributed by atoms with Crippen LogP contribution < -0.4 is 10.6 Å². The average Bonchev–Trinajstić information content (AvgIpc) is 2.95. The standard InChI is InChI=1S/C18H25N5O/c1-12(2)23-11-19-22-17(23)15-9-4-5-10-16(15)21-18(24)20-13(3)14-7-6-8-14/h4-5,9-14H,6-8H2,1-3H3,(H2,20,21,24)/t13-/m0/s1. The molecule has 2 amide bonds. The van der Waals surface area contributed by atoms with Crippen LogP contribution in [0, 0.1) is 5.92 Å². The van der Waals surface area contributed by atoms with Gasteiger partial charge < -0.3 is 15.2 Å². The molecule has 128 valence electrons. The highest BCUT2D eigenvalue weighted by Gasteiger charge is 2.25. The monoisotopic (exact) mass is 327 g/mol. The van der Waals surface area contributed by atoms with Gasteiger partial charge in [-0.15, -0.1) is 10.2 Å². The molecule has 0 saturated heterocycles. The number of hydrogen-bond acceptors (Lipinski definition) is 3. The van der Waals surface area contributed by atoms with E-state index in [1.54, 1.807) is 6.33 Å². The largest absolute Gasteiger partial charge is 0.335 e. The van der Waals surface area contributed by atoms with Gasteiger partial charge in [0.15, 0.2) is 5.82 Å². The van der Waals surface area contributed by atoms with Crippen molar-refractivity contribution in [3.8, 4) is 11.4 Å². The molecule has 2 aromatic rings. The first-order chi connectivity index (χ1) is 11.6. The van der Waals surface area contributed by atoms with Gasteiger partial charge in [-0.25, -0.2) is 4.79 Å². The van der Waals surface area contributed by atoms with Gasteiger partial charge in [-0.1, -0.05) is 18.6 Å². The number of carbonyl (C=O) groups is 1. The van der Waals surface area contributed by atoms with Crippen LogP contribution in [0.2, 0.25) is 0 Å². The second-order valence-corrected chi connectivity index (χ2v) is 6.78. The van der Waals surface area contributed by atoms with E-state index < -0.39 is 0 Å². The number of benzene rings is 1. The number of aromatic nitrogens is 3. The lowest BCUT2D eigenvalue weighted by atomic mass is 9.80. The van der Waals surface area contributed by atoms with E-state index in [1.165, 1.54) is 19.3 Å². The molecular weight excluding hydrogens is 302 g/mol. The van der Waals surface area contributed by atoms with Crippen LogP contribution in [0.15, 0.2) is 30.6 Å². The summed E-state index contributed by atoms with van der Waals surface area (Å²) in [6.07, 6.45) is 5.40. The Hall–Kier alpha value is -2.37. The van der Waals surface area contributed by atoms with Gasteiger partial charge in [-0.3, -0.25) is 0 Å². The van der Waals surface area contributed by atoms with Crippen LogP contribution in [0.25, 0.3) is 11.4 Å². The van der Waals surface area contributed by atoms with E-state index >= 15 is 0 Å². The first-order valence-corrected chi connectivity index (χ1v) is 8.62. The molecule has 1 atom stereocenters. The normalized spacial score (nSPS) is 15.8. The fourth-order valence-corrected chi connectivity index (χ4v) is 3.02. The summed E-state index contributed by atoms with van der Waals surface area (Å²) >= 11 is 0. The maximum Gasteiger partial charge on any atom is 0.319 e. The highest BCUT2D eigenvalue weighted by molar-refractivity contribution is 5.93. The molecule has 1 aliphatic rings. The van der Waals surface area contributed by atoms with Crippen LogP contribution in [-0.2, 0) is 0 Å². The number of para-hydroxylation sites is 1. The smallest absolute Gasteiger partial charge is 0.319 e. The summed E-state index contributed by atoms with van der Waals surface area (Å²) in [6.45, 7) is 6.23. The summed E-state index contributed by atoms with van der Waals surface area (Å²) in [7, 11) is 0. The Kier molecular flexibility index (Phi) is 4.83. The highest BCUT2D eigenvalue weighted by Crippen LogP contribution is 2.30. The summed E-state index contributed by atoms with van der Waals surface area (Å²) in [5.74, 6) is 1.36. The van der Waals surface area contributed by atoms with Gasteiger partial charge in [0.2, 0.25) is 0 Å². The van der Waals surface area contributed by atoms with E-state index in [0.29, 0.717) is 5.92 Å². The first kappa shape index (κ1) is 16.5. The van der Waals surface area contributed by atoms with Crippen LogP contribution in [0.5, 0.6) is 0 Å². The van der Waals surface area contributed by atoms with Crippen molar-refractivity contribution in [2.75, 3.05) is 5.32 Å². The third-order valence-corrected chi connectivity index (χ3v) is 4.76. The van der Waals surface area contributed by atoms with E-state index in [1.807, 2.05) is 28.8 Å². The molecule has 6 nitrogen and oxygen atoms in total. The quantitative estimate of drug-likeness (QED) is 0.876. The van der Waals surface area contributed by atoms with E-state index in [0.717, 1.165) is 17.1 Å². The molecule has 0 radical (unpaired) electrons. The van der Waals surface area contributed by atoms with Gasteiger partial charge >= 0.3 is 6.03 Å². The Morgan fingerprint density at radius 2 is 2.00 bits per heavy atom. The van der Waals surface area contributed by atoms with Crippen molar-refractivity contribution in [1.82, 2.24) is 20.1 Å². The van der Waals surface area contributed by atoms with Crippen molar-refractivity contribution in [3.63, 3.8) is 0 Å². The number of amides is 2. The van der Waals surface area contributed by atoms with Crippen LogP contribution in [0.4, 0.5) is 10.5 Å². The SMILES string of the molecule is CC(C)n1cnnc1-c1ccccc1NC(=O)N[C@@H](C)C1CCC1. The number of rotatable bonds is 5. The second kappa shape index (κ2) is 7.03. The van der Waals surface area contributed by atoms with Gasteiger partial charge in [0.1, 0.15) is 6.33 Å². The van der Waals surface area contributed by atoms with Crippen molar-refractivity contribution in [3.05, 3.63) is 30.6 Å². The topological polar surface area (TPSA) is 71.8 Å². The summed E-state index contributed by atoms with van der Waals surface area (Å²) in [4.78, 5) is 12.3. The second-order valence-electron chi connectivity index (χ2n) is 6.78. The van der Waals surface area contributed by atoms with Gasteiger partial charge in [0, 0.05) is 17.6 Å². The molecule has 1 heterocycles. The van der Waals surface area contributed by atoms with E-state index in [4.69, 9.17) is 0 Å². The predicted molar refractivity (Wildman–Crippen MR) is 94.8 cm³/mol. The molecule has 1 aromatic carbocycles. The van der Waals surface area contributed by atoms with Gasteiger partial charge in [0.25, 0.3) is 0 Å². The molecule has 1 saturated carbocycles. The molecule has 24 heavy (non-hydrogen) atoms. The van der Waals surface area contributed by atoms with Crippen molar-refractivity contribution in [1.29, 1.82) is 0 Å². The van der Waals surface area contributed by atoms with Crippen molar-refractivity contribution >= 4 is 11.7 Å². The molecular formula is C18H25N5O. The molecule has 1 aliphatic carbocycles. The third kappa shape index (κ3) is 3.42. The molecule has 2 N–H and O–H groups in total. The third-order valence-electron chi connectivity index (χ3n) is 4.76. The zero-order valence-corrected chi connectivity index (χ0v) is 14.5. The maximum atomic E-state index is 12.3.